The highest BCUT2D eigenvalue weighted by Gasteiger charge is 2.36. The highest BCUT2D eigenvalue weighted by Crippen LogP contribution is 2.29. The van der Waals surface area contributed by atoms with E-state index >= 15 is 0 Å². The van der Waals surface area contributed by atoms with E-state index in [2.05, 4.69) is 10.5 Å². The number of hydrogen-bond donors (Lipinski definition) is 1. The van der Waals surface area contributed by atoms with Crippen molar-refractivity contribution in [2.75, 3.05) is 27.2 Å². The first kappa shape index (κ1) is 23.3. The topological polar surface area (TPSA) is 95.8 Å². The molecule has 1 aromatic carbocycles. The smallest absolute Gasteiger partial charge is 0.248 e. The molecule has 8 nitrogen and oxygen atoms in total. The maximum Gasteiger partial charge on any atom is 0.248 e. The molecule has 1 aliphatic heterocycles. The molecule has 1 amide bonds. The van der Waals surface area contributed by atoms with Gasteiger partial charge in [0.05, 0.1) is 5.92 Å². The zero-order valence-electron chi connectivity index (χ0n) is 17.8. The first-order valence-corrected chi connectivity index (χ1v) is 11.8. The Kier molecular flexibility index (Phi) is 7.40. The van der Waals surface area contributed by atoms with Gasteiger partial charge >= 0.3 is 0 Å². The van der Waals surface area contributed by atoms with Crippen LogP contribution >= 0.6 is 11.6 Å². The third-order valence-electron chi connectivity index (χ3n) is 5.12. The summed E-state index contributed by atoms with van der Waals surface area (Å²) < 4.78 is 33.3. The first-order chi connectivity index (χ1) is 14.7. The van der Waals surface area contributed by atoms with Gasteiger partial charge in [0, 0.05) is 51.0 Å². The lowest BCUT2D eigenvalue weighted by atomic mass is 9.99. The molecular weight excluding hydrogens is 440 g/mol. The lowest BCUT2D eigenvalue weighted by Gasteiger charge is -2.31. The molecule has 168 valence electrons. The van der Waals surface area contributed by atoms with Crippen molar-refractivity contribution in [3.05, 3.63) is 52.5 Å². The zero-order chi connectivity index (χ0) is 22.6. The van der Waals surface area contributed by atoms with Crippen LogP contribution in [0.4, 0.5) is 0 Å². The summed E-state index contributed by atoms with van der Waals surface area (Å²) in [6.07, 6.45) is 4.48. The minimum atomic E-state index is -3.86. The molecule has 2 aromatic rings. The van der Waals surface area contributed by atoms with Crippen molar-refractivity contribution in [2.45, 2.75) is 31.2 Å². The van der Waals surface area contributed by atoms with Crippen LogP contribution in [0, 0.1) is 12.8 Å². The van der Waals surface area contributed by atoms with E-state index in [0.29, 0.717) is 36.6 Å². The minimum absolute atomic E-state index is 0.0442. The monoisotopic (exact) mass is 466 g/mol. The number of benzene rings is 1. The van der Waals surface area contributed by atoms with Crippen molar-refractivity contribution >= 4 is 33.6 Å². The molecule has 0 bridgehead atoms. The summed E-state index contributed by atoms with van der Waals surface area (Å²) in [4.78, 5) is 14.5. The molecule has 1 N–H and O–H groups in total. The Morgan fingerprint density at radius 2 is 2.13 bits per heavy atom. The number of aryl methyl sites for hydroxylation is 1. The highest BCUT2D eigenvalue weighted by molar-refractivity contribution is 7.89. The van der Waals surface area contributed by atoms with E-state index in [1.54, 1.807) is 30.2 Å². The number of amides is 1. The van der Waals surface area contributed by atoms with Crippen LogP contribution in [-0.4, -0.2) is 55.9 Å². The van der Waals surface area contributed by atoms with Gasteiger partial charge in [0.25, 0.3) is 0 Å². The number of aromatic nitrogens is 1. The number of piperidine rings is 1. The van der Waals surface area contributed by atoms with Gasteiger partial charge in [-0.3, -0.25) is 4.79 Å². The van der Waals surface area contributed by atoms with Gasteiger partial charge < -0.3 is 14.7 Å². The predicted molar refractivity (Wildman–Crippen MR) is 119 cm³/mol. The van der Waals surface area contributed by atoms with Crippen molar-refractivity contribution in [1.82, 2.24) is 19.7 Å². The SMILES string of the molecule is Cc1noc(C=CN(C)C)c1S(=O)(=O)N1CCCC(C(=O)NCc2ccccc2Cl)C1. The number of rotatable bonds is 7. The van der Waals surface area contributed by atoms with Crippen LogP contribution in [-0.2, 0) is 21.4 Å². The Labute approximate surface area is 187 Å². The van der Waals surface area contributed by atoms with Gasteiger partial charge in [-0.15, -0.1) is 0 Å². The third-order valence-corrected chi connectivity index (χ3v) is 7.51. The largest absolute Gasteiger partial charge is 0.383 e. The Hall–Kier alpha value is -2.36. The molecule has 0 spiro atoms. The molecule has 0 saturated carbocycles. The van der Waals surface area contributed by atoms with E-state index in [1.165, 1.54) is 4.31 Å². The molecule has 0 radical (unpaired) electrons. The lowest BCUT2D eigenvalue weighted by Crippen LogP contribution is -2.45. The molecule has 1 unspecified atom stereocenters. The number of carbonyl (C=O) groups excluding carboxylic acids is 1. The van der Waals surface area contributed by atoms with E-state index in [4.69, 9.17) is 16.1 Å². The van der Waals surface area contributed by atoms with Crippen molar-refractivity contribution in [3.8, 4) is 0 Å². The summed E-state index contributed by atoms with van der Waals surface area (Å²) >= 11 is 6.15. The quantitative estimate of drug-likeness (QED) is 0.674. The number of nitrogens with zero attached hydrogens (tertiary/aromatic N) is 3. The van der Waals surface area contributed by atoms with Crippen LogP contribution in [0.3, 0.4) is 0 Å². The standard InChI is InChI=1S/C21H27ClN4O4S/c1-15-20(19(30-24-15)10-12-25(2)3)31(28,29)26-11-6-8-17(14-26)21(27)23-13-16-7-4-5-9-18(16)22/h4-5,7,9-10,12,17H,6,8,11,13-14H2,1-3H3,(H,23,27). The van der Waals surface area contributed by atoms with Gasteiger partial charge in [-0.1, -0.05) is 35.0 Å². The number of halogens is 1. The average Bonchev–Trinajstić information content (AvgIpc) is 3.12. The number of nitrogens with one attached hydrogen (secondary N) is 1. The maximum atomic E-state index is 13.4. The molecule has 0 aliphatic carbocycles. The molecule has 31 heavy (non-hydrogen) atoms. The summed E-state index contributed by atoms with van der Waals surface area (Å²) in [6, 6.07) is 7.29. The number of sulfonamides is 1. The predicted octanol–water partition coefficient (Wildman–Crippen LogP) is 2.89. The zero-order valence-corrected chi connectivity index (χ0v) is 19.4. The van der Waals surface area contributed by atoms with Gasteiger partial charge in [-0.2, -0.15) is 4.31 Å². The fraction of sp³-hybridized carbons (Fsp3) is 0.429. The molecule has 1 aromatic heterocycles. The normalized spacial score (nSPS) is 17.7. The van der Waals surface area contributed by atoms with E-state index < -0.39 is 15.9 Å². The minimum Gasteiger partial charge on any atom is -0.383 e. The van der Waals surface area contributed by atoms with Crippen LogP contribution in [0.2, 0.25) is 5.02 Å². The molecule has 2 heterocycles. The highest BCUT2D eigenvalue weighted by atomic mass is 35.5. The molecule has 1 aliphatic rings. The summed E-state index contributed by atoms with van der Waals surface area (Å²) in [5.41, 5.74) is 1.11. The van der Waals surface area contributed by atoms with Crippen LogP contribution in [0.25, 0.3) is 6.08 Å². The maximum absolute atomic E-state index is 13.4. The third kappa shape index (κ3) is 5.47. The molecule has 1 saturated heterocycles. The number of hydrogen-bond acceptors (Lipinski definition) is 6. The second-order valence-corrected chi connectivity index (χ2v) is 10.0. The van der Waals surface area contributed by atoms with E-state index in [1.807, 2.05) is 32.3 Å². The average molecular weight is 467 g/mol. The molecular formula is C21H27ClN4O4S. The van der Waals surface area contributed by atoms with E-state index in [9.17, 15) is 13.2 Å². The van der Waals surface area contributed by atoms with Gasteiger partial charge in [-0.05, 0) is 31.4 Å². The summed E-state index contributed by atoms with van der Waals surface area (Å²) in [5, 5.41) is 7.30. The Balaban J connectivity index is 1.73. The Morgan fingerprint density at radius 1 is 1.39 bits per heavy atom. The molecule has 3 rings (SSSR count). The lowest BCUT2D eigenvalue weighted by molar-refractivity contribution is -0.126. The van der Waals surface area contributed by atoms with Gasteiger partial charge in [0.1, 0.15) is 5.69 Å². The molecule has 10 heteroatoms. The second-order valence-electron chi connectivity index (χ2n) is 7.75. The summed E-state index contributed by atoms with van der Waals surface area (Å²) in [7, 11) is -0.214. The van der Waals surface area contributed by atoms with Gasteiger partial charge in [0.2, 0.25) is 15.9 Å². The second kappa shape index (κ2) is 9.84. The first-order valence-electron chi connectivity index (χ1n) is 10.0. The fourth-order valence-electron chi connectivity index (χ4n) is 3.49. The van der Waals surface area contributed by atoms with E-state index in [-0.39, 0.29) is 23.1 Å². The molecule has 1 fully saturated rings. The Morgan fingerprint density at radius 3 is 2.84 bits per heavy atom. The Bertz CT molecular complexity index is 1070. The van der Waals surface area contributed by atoms with Crippen LogP contribution < -0.4 is 5.32 Å². The van der Waals surface area contributed by atoms with Crippen LogP contribution in [0.15, 0.2) is 39.9 Å². The fourth-order valence-corrected chi connectivity index (χ4v) is 5.46. The van der Waals surface area contributed by atoms with E-state index in [0.717, 1.165) is 5.56 Å². The van der Waals surface area contributed by atoms with Crippen molar-refractivity contribution < 1.29 is 17.7 Å². The van der Waals surface area contributed by atoms with Gasteiger partial charge in [-0.25, -0.2) is 8.42 Å². The summed E-state index contributed by atoms with van der Waals surface area (Å²) in [6.45, 7) is 2.35. The van der Waals surface area contributed by atoms with Gasteiger partial charge in [0.15, 0.2) is 10.7 Å². The van der Waals surface area contributed by atoms with Crippen LogP contribution in [0.1, 0.15) is 29.9 Å². The molecule has 1 atom stereocenters. The van der Waals surface area contributed by atoms with Crippen molar-refractivity contribution in [1.29, 1.82) is 0 Å². The van der Waals surface area contributed by atoms with Crippen LogP contribution in [0.5, 0.6) is 0 Å². The summed E-state index contributed by atoms with van der Waals surface area (Å²) in [5.74, 6) is -0.446. The van der Waals surface area contributed by atoms with Crippen molar-refractivity contribution in [3.63, 3.8) is 0 Å². The van der Waals surface area contributed by atoms with Crippen molar-refractivity contribution in [2.24, 2.45) is 5.92 Å². The number of carbonyl (C=O) groups is 1.